The Morgan fingerprint density at radius 1 is 1.07 bits per heavy atom. The summed E-state index contributed by atoms with van der Waals surface area (Å²) in [6, 6.07) is 16.5. The van der Waals surface area contributed by atoms with Crippen molar-refractivity contribution in [1.29, 1.82) is 0 Å². The number of nitrogens with one attached hydrogen (secondary N) is 3. The van der Waals surface area contributed by atoms with Gasteiger partial charge in [0.15, 0.2) is 0 Å². The zero-order valence-electron chi connectivity index (χ0n) is 17.1. The van der Waals surface area contributed by atoms with E-state index < -0.39 is 0 Å². The molecule has 0 aliphatic heterocycles. The van der Waals surface area contributed by atoms with Gasteiger partial charge in [-0.05, 0) is 48.2 Å². The van der Waals surface area contributed by atoms with Crippen molar-refractivity contribution in [3.05, 3.63) is 77.2 Å². The second kappa shape index (κ2) is 9.68. The summed E-state index contributed by atoms with van der Waals surface area (Å²) in [6.45, 7) is 4.49. The van der Waals surface area contributed by atoms with Crippen LogP contribution in [0.15, 0.2) is 54.9 Å². The van der Waals surface area contributed by atoms with Crippen LogP contribution in [0.5, 0.6) is 0 Å². The van der Waals surface area contributed by atoms with Gasteiger partial charge in [-0.2, -0.15) is 0 Å². The molecule has 0 bridgehead atoms. The summed E-state index contributed by atoms with van der Waals surface area (Å²) >= 11 is 0. The largest absolute Gasteiger partial charge is 0.388 e. The fourth-order valence-electron chi connectivity index (χ4n) is 3.26. The van der Waals surface area contributed by atoms with Crippen molar-refractivity contribution in [1.82, 2.24) is 9.97 Å². The quantitative estimate of drug-likeness (QED) is 0.542. The summed E-state index contributed by atoms with van der Waals surface area (Å²) in [5, 5.41) is 9.40. The van der Waals surface area contributed by atoms with E-state index in [-0.39, 0.29) is 5.91 Å². The molecular weight excluding hydrogens is 362 g/mol. The van der Waals surface area contributed by atoms with Crippen LogP contribution in [0.25, 0.3) is 0 Å². The van der Waals surface area contributed by atoms with E-state index in [0.29, 0.717) is 12.2 Å². The number of aromatic nitrogens is 2. The van der Waals surface area contributed by atoms with Crippen LogP contribution in [0.3, 0.4) is 0 Å². The number of hydrogen-bond acceptors (Lipinski definition) is 5. The molecule has 1 heterocycles. The predicted octanol–water partition coefficient (Wildman–Crippen LogP) is 4.03. The molecule has 0 saturated carbocycles. The van der Waals surface area contributed by atoms with Gasteiger partial charge in [-0.15, -0.1) is 0 Å². The molecule has 0 aliphatic rings. The Hall–Kier alpha value is -3.41. The normalized spacial score (nSPS) is 10.4. The molecule has 1 aromatic heterocycles. The lowest BCUT2D eigenvalue weighted by atomic mass is 10.0. The predicted molar refractivity (Wildman–Crippen MR) is 119 cm³/mol. The van der Waals surface area contributed by atoms with Gasteiger partial charge in [-0.3, -0.25) is 4.79 Å². The molecule has 0 spiro atoms. The van der Waals surface area contributed by atoms with Crippen LogP contribution in [-0.2, 0) is 17.6 Å². The molecule has 0 unspecified atom stereocenters. The molecule has 2 aromatic carbocycles. The van der Waals surface area contributed by atoms with Crippen LogP contribution < -0.4 is 16.0 Å². The number of benzene rings is 2. The van der Waals surface area contributed by atoms with E-state index in [1.807, 2.05) is 7.05 Å². The number of nitrogens with zero attached hydrogens (tertiary/aromatic N) is 2. The van der Waals surface area contributed by atoms with E-state index in [9.17, 15) is 4.79 Å². The Morgan fingerprint density at radius 2 is 1.86 bits per heavy atom. The summed E-state index contributed by atoms with van der Waals surface area (Å²) in [6.07, 6.45) is 3.13. The molecular formula is C23H27N5O. The molecule has 0 fully saturated rings. The van der Waals surface area contributed by atoms with Gasteiger partial charge in [0.1, 0.15) is 12.1 Å². The van der Waals surface area contributed by atoms with Gasteiger partial charge in [-0.25, -0.2) is 9.97 Å². The van der Waals surface area contributed by atoms with Gasteiger partial charge in [0.05, 0.1) is 5.69 Å². The molecule has 1 amide bonds. The first-order chi connectivity index (χ1) is 14.0. The van der Waals surface area contributed by atoms with Crippen LogP contribution in [0, 0.1) is 6.92 Å². The summed E-state index contributed by atoms with van der Waals surface area (Å²) in [5.74, 6) is 0.386. The first-order valence-corrected chi connectivity index (χ1v) is 9.72. The van der Waals surface area contributed by atoms with Crippen LogP contribution in [0.1, 0.15) is 29.3 Å². The maximum absolute atomic E-state index is 11.2. The monoisotopic (exact) mass is 389 g/mol. The highest BCUT2D eigenvalue weighted by molar-refractivity contribution is 5.87. The maximum atomic E-state index is 11.2. The fraction of sp³-hybridized carbons (Fsp3) is 0.261. The van der Waals surface area contributed by atoms with Crippen LogP contribution in [-0.4, -0.2) is 29.5 Å². The second-order valence-electron chi connectivity index (χ2n) is 6.97. The van der Waals surface area contributed by atoms with E-state index in [1.165, 1.54) is 30.1 Å². The molecule has 3 rings (SSSR count). The summed E-state index contributed by atoms with van der Waals surface area (Å²) in [5.41, 5.74) is 6.94. The van der Waals surface area contributed by atoms with E-state index in [4.69, 9.17) is 0 Å². The number of anilines is 3. The molecule has 29 heavy (non-hydrogen) atoms. The molecule has 0 saturated heterocycles. The third-order valence-corrected chi connectivity index (χ3v) is 4.81. The zero-order valence-corrected chi connectivity index (χ0v) is 17.1. The van der Waals surface area contributed by atoms with Crippen molar-refractivity contribution in [2.24, 2.45) is 0 Å². The number of hydrogen-bond donors (Lipinski definition) is 3. The van der Waals surface area contributed by atoms with Crippen LogP contribution >= 0.6 is 0 Å². The Morgan fingerprint density at radius 3 is 2.59 bits per heavy atom. The fourth-order valence-corrected chi connectivity index (χ4v) is 3.26. The standard InChI is InChI=1S/C23H27N5O/c1-16-19(5-4-6-22(16)24-3)11-12-25-20-9-7-18(8-10-20)13-21-14-23(27-15-26-21)28-17(2)29/h4-10,14-15,24-25H,11-13H2,1-3H3,(H,26,27,28,29). The van der Waals surface area contributed by atoms with Crippen LogP contribution in [0.4, 0.5) is 17.2 Å². The van der Waals surface area contributed by atoms with Crippen molar-refractivity contribution < 1.29 is 4.79 Å². The Balaban J connectivity index is 1.55. The zero-order chi connectivity index (χ0) is 20.6. The highest BCUT2D eigenvalue weighted by Gasteiger charge is 2.04. The molecule has 6 heteroatoms. The van der Waals surface area contributed by atoms with Gasteiger partial charge in [-0.1, -0.05) is 24.3 Å². The minimum atomic E-state index is -0.141. The third kappa shape index (κ3) is 5.78. The third-order valence-electron chi connectivity index (χ3n) is 4.81. The lowest BCUT2D eigenvalue weighted by molar-refractivity contribution is -0.114. The smallest absolute Gasteiger partial charge is 0.222 e. The topological polar surface area (TPSA) is 78.9 Å². The summed E-state index contributed by atoms with van der Waals surface area (Å²) < 4.78 is 0. The van der Waals surface area contributed by atoms with Crippen molar-refractivity contribution in [3.8, 4) is 0 Å². The van der Waals surface area contributed by atoms with E-state index in [1.54, 1.807) is 6.07 Å². The average Bonchev–Trinajstić information content (AvgIpc) is 2.70. The minimum absolute atomic E-state index is 0.141. The van der Waals surface area contributed by atoms with Gasteiger partial charge in [0.25, 0.3) is 0 Å². The Labute approximate surface area is 171 Å². The molecule has 150 valence electrons. The summed E-state index contributed by atoms with van der Waals surface area (Å²) in [4.78, 5) is 19.5. The van der Waals surface area contributed by atoms with Crippen molar-refractivity contribution >= 4 is 23.1 Å². The summed E-state index contributed by atoms with van der Waals surface area (Å²) in [7, 11) is 1.95. The maximum Gasteiger partial charge on any atom is 0.222 e. The number of carbonyl (C=O) groups is 1. The number of carbonyl (C=O) groups excluding carboxylic acids is 1. The highest BCUT2D eigenvalue weighted by Crippen LogP contribution is 2.19. The van der Waals surface area contributed by atoms with E-state index in [0.717, 1.165) is 29.9 Å². The molecule has 0 aliphatic carbocycles. The van der Waals surface area contributed by atoms with Gasteiger partial charge < -0.3 is 16.0 Å². The lowest BCUT2D eigenvalue weighted by Gasteiger charge is -2.12. The van der Waals surface area contributed by atoms with Gasteiger partial charge in [0.2, 0.25) is 5.91 Å². The SMILES string of the molecule is CNc1cccc(CCNc2ccc(Cc3cc(NC(C)=O)ncn3)cc2)c1C. The molecule has 0 radical (unpaired) electrons. The molecule has 3 N–H and O–H groups in total. The van der Waals surface area contributed by atoms with Gasteiger partial charge >= 0.3 is 0 Å². The van der Waals surface area contributed by atoms with Crippen molar-refractivity contribution in [2.45, 2.75) is 26.7 Å². The minimum Gasteiger partial charge on any atom is -0.388 e. The molecule has 6 nitrogen and oxygen atoms in total. The highest BCUT2D eigenvalue weighted by atomic mass is 16.1. The Kier molecular flexibility index (Phi) is 6.79. The first kappa shape index (κ1) is 20.3. The van der Waals surface area contributed by atoms with Gasteiger partial charge in [0, 0.05) is 44.4 Å². The first-order valence-electron chi connectivity index (χ1n) is 9.72. The average molecular weight is 390 g/mol. The molecule has 3 aromatic rings. The van der Waals surface area contributed by atoms with Crippen LogP contribution in [0.2, 0.25) is 0 Å². The van der Waals surface area contributed by atoms with Crippen molar-refractivity contribution in [2.75, 3.05) is 29.5 Å². The van der Waals surface area contributed by atoms with E-state index in [2.05, 4.69) is 75.3 Å². The van der Waals surface area contributed by atoms with E-state index >= 15 is 0 Å². The van der Waals surface area contributed by atoms with Crippen molar-refractivity contribution in [3.63, 3.8) is 0 Å². The number of amides is 1. The second-order valence-corrected chi connectivity index (χ2v) is 6.97. The lowest BCUT2D eigenvalue weighted by Crippen LogP contribution is -2.08. The molecule has 0 atom stereocenters. The number of rotatable bonds is 8. The Bertz CT molecular complexity index is 969.